The maximum atomic E-state index is 7.14. The minimum absolute atomic E-state index is 0.502. The van der Waals surface area contributed by atoms with Crippen LogP contribution >= 0.6 is 11.3 Å². The summed E-state index contributed by atoms with van der Waals surface area (Å²) in [6.07, 6.45) is 0. The van der Waals surface area contributed by atoms with Gasteiger partial charge >= 0.3 is 0 Å². The molecule has 0 unspecified atom stereocenters. The Morgan fingerprint density at radius 2 is 0.970 bits per heavy atom. The van der Waals surface area contributed by atoms with Crippen LogP contribution in [-0.4, -0.2) is 19.5 Å². The highest BCUT2D eigenvalue weighted by molar-refractivity contribution is 7.26. The van der Waals surface area contributed by atoms with Crippen LogP contribution in [0, 0.1) is 0 Å². The van der Waals surface area contributed by atoms with Gasteiger partial charge in [-0.2, -0.15) is 0 Å². The van der Waals surface area contributed by atoms with E-state index in [0.717, 1.165) is 87.2 Å². The average molecular weight is 861 g/mol. The molecule has 6 nitrogen and oxygen atoms in total. The van der Waals surface area contributed by atoms with Crippen LogP contribution in [0.15, 0.2) is 203 Å². The molecule has 0 radical (unpaired) electrons. The Kier molecular flexibility index (Phi) is 7.28. The van der Waals surface area contributed by atoms with E-state index in [2.05, 4.69) is 180 Å². The molecule has 0 saturated carbocycles. The maximum absolute atomic E-state index is 7.14. The summed E-state index contributed by atoms with van der Waals surface area (Å²) in [5.74, 6) is 1.59. The third-order valence-electron chi connectivity index (χ3n) is 13.4. The molecule has 15 rings (SSSR count). The van der Waals surface area contributed by atoms with Gasteiger partial charge < -0.3 is 13.4 Å². The van der Waals surface area contributed by atoms with Crippen molar-refractivity contribution in [3.05, 3.63) is 194 Å². The van der Waals surface area contributed by atoms with Crippen molar-refractivity contribution in [2.75, 3.05) is 0 Å². The van der Waals surface area contributed by atoms with Gasteiger partial charge in [0.1, 0.15) is 22.3 Å². The van der Waals surface area contributed by atoms with Gasteiger partial charge in [0.05, 0.1) is 22.2 Å². The molecular formula is C59H32N4O2S. The van der Waals surface area contributed by atoms with Crippen molar-refractivity contribution in [2.45, 2.75) is 0 Å². The summed E-state index contributed by atoms with van der Waals surface area (Å²) in [6, 6.07) is 68.5. The largest absolute Gasteiger partial charge is 0.455 e. The lowest BCUT2D eigenvalue weighted by Gasteiger charge is -2.13. The molecule has 0 aliphatic heterocycles. The number of hydrogen-bond donors (Lipinski definition) is 0. The summed E-state index contributed by atoms with van der Waals surface area (Å²) in [5, 5.41) is 13.3. The van der Waals surface area contributed by atoms with Crippen molar-refractivity contribution in [3.63, 3.8) is 0 Å². The van der Waals surface area contributed by atoms with Crippen LogP contribution in [-0.2, 0) is 0 Å². The first-order valence-corrected chi connectivity index (χ1v) is 22.9. The van der Waals surface area contributed by atoms with E-state index in [9.17, 15) is 0 Å². The number of hydrogen-bond acceptors (Lipinski definition) is 6. The minimum Gasteiger partial charge on any atom is -0.455 e. The molecule has 0 bridgehead atoms. The smallest absolute Gasteiger partial charge is 0.167 e. The first-order valence-electron chi connectivity index (χ1n) is 22.1. The topological polar surface area (TPSA) is 69.9 Å². The third-order valence-corrected chi connectivity index (χ3v) is 14.6. The first-order chi connectivity index (χ1) is 32.7. The van der Waals surface area contributed by atoms with E-state index in [1.807, 2.05) is 18.2 Å². The van der Waals surface area contributed by atoms with Crippen molar-refractivity contribution in [2.24, 2.45) is 0 Å². The third kappa shape index (κ3) is 5.08. The summed E-state index contributed by atoms with van der Waals surface area (Å²) in [6.45, 7) is 0. The van der Waals surface area contributed by atoms with Gasteiger partial charge in [0, 0.05) is 69.1 Å². The second-order valence-corrected chi connectivity index (χ2v) is 18.1. The molecule has 0 N–H and O–H groups in total. The molecular weight excluding hydrogens is 829 g/mol. The number of benzene rings is 10. The van der Waals surface area contributed by atoms with Crippen molar-refractivity contribution < 1.29 is 8.83 Å². The number of aromatic nitrogens is 4. The lowest BCUT2D eigenvalue weighted by Crippen LogP contribution is -2.02. The van der Waals surface area contributed by atoms with Crippen LogP contribution in [0.25, 0.3) is 147 Å². The van der Waals surface area contributed by atoms with Gasteiger partial charge in [-0.15, -0.1) is 11.3 Å². The predicted octanol–water partition coefficient (Wildman–Crippen LogP) is 16.4. The zero-order valence-corrected chi connectivity index (χ0v) is 35.8. The second-order valence-electron chi connectivity index (χ2n) is 17.1. The van der Waals surface area contributed by atoms with Crippen LogP contribution in [0.1, 0.15) is 0 Å². The highest BCUT2D eigenvalue weighted by atomic mass is 32.1. The Hall–Kier alpha value is -8.65. The molecule has 0 spiro atoms. The van der Waals surface area contributed by atoms with Crippen molar-refractivity contribution in [3.8, 4) is 39.9 Å². The van der Waals surface area contributed by atoms with Crippen LogP contribution < -0.4 is 0 Å². The van der Waals surface area contributed by atoms with Gasteiger partial charge in [0.15, 0.2) is 17.5 Å². The quantitative estimate of drug-likeness (QED) is 0.176. The summed E-state index contributed by atoms with van der Waals surface area (Å²) >= 11 is 1.76. The molecule has 0 atom stereocenters. The van der Waals surface area contributed by atoms with Crippen LogP contribution in [0.3, 0.4) is 0 Å². The van der Waals surface area contributed by atoms with E-state index in [1.54, 1.807) is 11.3 Å². The average Bonchev–Trinajstić information content (AvgIpc) is 4.14. The second kappa shape index (κ2) is 13.4. The minimum atomic E-state index is 0.502. The van der Waals surface area contributed by atoms with Gasteiger partial charge in [-0.05, 0) is 76.8 Å². The highest BCUT2D eigenvalue weighted by Gasteiger charge is 2.25. The zero-order valence-electron chi connectivity index (χ0n) is 35.0. The van der Waals surface area contributed by atoms with E-state index in [4.69, 9.17) is 23.8 Å². The Balaban J connectivity index is 1.08. The molecule has 66 heavy (non-hydrogen) atoms. The van der Waals surface area contributed by atoms with Gasteiger partial charge in [0.25, 0.3) is 0 Å². The van der Waals surface area contributed by atoms with Gasteiger partial charge in [0.2, 0.25) is 0 Å². The molecule has 0 fully saturated rings. The molecule has 0 aliphatic rings. The summed E-state index contributed by atoms with van der Waals surface area (Å²) < 4.78 is 18.5. The molecule has 0 saturated heterocycles. The molecule has 10 aromatic carbocycles. The number of thiophene rings is 1. The monoisotopic (exact) mass is 860 g/mol. The maximum Gasteiger partial charge on any atom is 0.167 e. The normalized spacial score (nSPS) is 12.2. The van der Waals surface area contributed by atoms with Crippen LogP contribution in [0.5, 0.6) is 0 Å². The van der Waals surface area contributed by atoms with Crippen LogP contribution in [0.4, 0.5) is 0 Å². The number of para-hydroxylation sites is 3. The molecule has 5 aromatic heterocycles. The Morgan fingerprint density at radius 1 is 0.348 bits per heavy atom. The molecule has 5 heterocycles. The predicted molar refractivity (Wildman–Crippen MR) is 273 cm³/mol. The van der Waals surface area contributed by atoms with Crippen LogP contribution in [0.2, 0.25) is 0 Å². The van der Waals surface area contributed by atoms with E-state index >= 15 is 0 Å². The zero-order chi connectivity index (χ0) is 43.0. The Morgan fingerprint density at radius 3 is 1.83 bits per heavy atom. The molecule has 0 aliphatic carbocycles. The van der Waals surface area contributed by atoms with E-state index in [-0.39, 0.29) is 0 Å². The summed E-state index contributed by atoms with van der Waals surface area (Å²) in [5.41, 5.74) is 8.76. The van der Waals surface area contributed by atoms with Crippen molar-refractivity contribution >= 4 is 119 Å². The molecule has 0 amide bonds. The number of rotatable bonds is 4. The lowest BCUT2D eigenvalue weighted by atomic mass is 10.0. The molecule has 7 heteroatoms. The molecule has 15 aromatic rings. The SMILES string of the molecule is c1ccc2cc3c(cc2c1)c1ccccc1n3-c1cc(-c2nc(-c3cccc4c3oc3ccccc34)nc(-c3cccc4c3sc3ccccc34)n2)c2oc3c4ccccc4ccc3c2c1. The fraction of sp³-hybridized carbons (Fsp3) is 0. The first kappa shape index (κ1) is 35.8. The van der Waals surface area contributed by atoms with Gasteiger partial charge in [-0.25, -0.2) is 15.0 Å². The van der Waals surface area contributed by atoms with Gasteiger partial charge in [-0.1, -0.05) is 133 Å². The fourth-order valence-electron chi connectivity index (χ4n) is 10.4. The number of nitrogens with zero attached hydrogens (tertiary/aromatic N) is 4. The lowest BCUT2D eigenvalue weighted by molar-refractivity contribution is 0.669. The Bertz CT molecular complexity index is 4420. The molecule has 306 valence electrons. The number of fused-ring (bicyclic) bond motifs is 15. The van der Waals surface area contributed by atoms with E-state index in [0.29, 0.717) is 23.1 Å². The van der Waals surface area contributed by atoms with E-state index in [1.165, 1.54) is 37.0 Å². The van der Waals surface area contributed by atoms with Gasteiger partial charge in [-0.3, -0.25) is 0 Å². The summed E-state index contributed by atoms with van der Waals surface area (Å²) in [4.78, 5) is 16.3. The Labute approximate surface area is 379 Å². The number of furan rings is 2. The fourth-order valence-corrected chi connectivity index (χ4v) is 11.6. The standard InChI is InChI=1S/C59H32N4O2S/c1-2-15-35-30-50-46(29-34(35)14-1)38-17-5-8-24-49(38)63(50)36-31-47-42-28-27-33-13-3-4-16-37(33)53(42)65-55(47)48(32-36)59-61-57(44-22-11-20-41-39-18-6-9-25-51(39)64-54(41)44)60-58(62-59)45-23-12-21-43-40-19-7-10-26-52(40)66-56(43)45/h1-32H. The van der Waals surface area contributed by atoms with Crippen molar-refractivity contribution in [1.29, 1.82) is 0 Å². The summed E-state index contributed by atoms with van der Waals surface area (Å²) in [7, 11) is 0. The van der Waals surface area contributed by atoms with E-state index < -0.39 is 0 Å². The van der Waals surface area contributed by atoms with Crippen molar-refractivity contribution in [1.82, 2.24) is 19.5 Å². The highest BCUT2D eigenvalue weighted by Crippen LogP contribution is 2.45.